The van der Waals surface area contributed by atoms with Crippen LogP contribution < -0.4 is 10.6 Å². The topological polar surface area (TPSA) is 61.7 Å². The van der Waals surface area contributed by atoms with E-state index in [9.17, 15) is 4.79 Å². The van der Waals surface area contributed by atoms with Crippen molar-refractivity contribution in [3.05, 3.63) is 53.9 Å². The SMILES string of the molecule is CCNC(=NCc1cccc(NC(=O)C(C)CC)c1)N(C)Cc1cccn1C.I. The second kappa shape index (κ2) is 12.5. The Bertz CT molecular complexity index is 802. The minimum Gasteiger partial charge on any atom is -0.357 e. The number of hydrogen-bond acceptors (Lipinski definition) is 2. The Morgan fingerprint density at radius 2 is 2.00 bits per heavy atom. The zero-order valence-corrected chi connectivity index (χ0v) is 20.4. The number of rotatable bonds is 8. The van der Waals surface area contributed by atoms with E-state index in [1.165, 1.54) is 5.69 Å². The van der Waals surface area contributed by atoms with E-state index < -0.39 is 0 Å². The Morgan fingerprint density at radius 1 is 1.24 bits per heavy atom. The lowest BCUT2D eigenvalue weighted by atomic mass is 10.1. The summed E-state index contributed by atoms with van der Waals surface area (Å²) in [6.45, 7) is 8.16. The van der Waals surface area contributed by atoms with Crippen LogP contribution >= 0.6 is 24.0 Å². The van der Waals surface area contributed by atoms with Crippen molar-refractivity contribution < 1.29 is 4.79 Å². The quantitative estimate of drug-likeness (QED) is 0.317. The van der Waals surface area contributed by atoms with Crippen molar-refractivity contribution in [3.63, 3.8) is 0 Å². The zero-order chi connectivity index (χ0) is 20.5. The second-order valence-electron chi connectivity index (χ2n) is 7.14. The molecule has 2 rings (SSSR count). The van der Waals surface area contributed by atoms with E-state index in [0.29, 0.717) is 6.54 Å². The molecule has 0 saturated heterocycles. The number of amides is 1. The molecule has 6 nitrogen and oxygen atoms in total. The van der Waals surface area contributed by atoms with Gasteiger partial charge in [0.1, 0.15) is 0 Å². The highest BCUT2D eigenvalue weighted by molar-refractivity contribution is 14.0. The molecule has 1 atom stereocenters. The number of benzene rings is 1. The molecule has 0 aliphatic rings. The molecule has 0 fully saturated rings. The first-order chi connectivity index (χ1) is 13.4. The molecule has 1 aromatic carbocycles. The molecule has 1 aromatic heterocycles. The molecule has 160 valence electrons. The van der Waals surface area contributed by atoms with Gasteiger partial charge in [-0.2, -0.15) is 0 Å². The molecule has 2 N–H and O–H groups in total. The average molecular weight is 511 g/mol. The molecule has 0 aliphatic carbocycles. The smallest absolute Gasteiger partial charge is 0.227 e. The maximum absolute atomic E-state index is 12.1. The Morgan fingerprint density at radius 3 is 2.62 bits per heavy atom. The molecule has 0 radical (unpaired) electrons. The van der Waals surface area contributed by atoms with Gasteiger partial charge in [-0.1, -0.05) is 26.0 Å². The summed E-state index contributed by atoms with van der Waals surface area (Å²) in [5, 5.41) is 6.34. The van der Waals surface area contributed by atoms with Crippen LogP contribution in [0.25, 0.3) is 0 Å². The van der Waals surface area contributed by atoms with E-state index >= 15 is 0 Å². The monoisotopic (exact) mass is 511 g/mol. The maximum Gasteiger partial charge on any atom is 0.227 e. The zero-order valence-electron chi connectivity index (χ0n) is 18.1. The van der Waals surface area contributed by atoms with Crippen LogP contribution in [0.5, 0.6) is 0 Å². The Labute approximate surface area is 191 Å². The molecular weight excluding hydrogens is 477 g/mol. The van der Waals surface area contributed by atoms with Crippen LogP contribution in [0, 0.1) is 5.92 Å². The summed E-state index contributed by atoms with van der Waals surface area (Å²) in [4.78, 5) is 19.0. The Hall–Kier alpha value is -2.03. The van der Waals surface area contributed by atoms with E-state index in [1.54, 1.807) is 0 Å². The number of hydrogen-bond donors (Lipinski definition) is 2. The van der Waals surface area contributed by atoms with E-state index in [-0.39, 0.29) is 35.8 Å². The van der Waals surface area contributed by atoms with Crippen molar-refractivity contribution in [3.8, 4) is 0 Å². The van der Waals surface area contributed by atoms with Gasteiger partial charge in [0.05, 0.1) is 13.1 Å². The van der Waals surface area contributed by atoms with Crippen LogP contribution in [-0.2, 0) is 24.9 Å². The summed E-state index contributed by atoms with van der Waals surface area (Å²) in [5.41, 5.74) is 3.10. The lowest BCUT2D eigenvalue weighted by Crippen LogP contribution is -2.38. The Kier molecular flexibility index (Phi) is 10.8. The van der Waals surface area contributed by atoms with Crippen LogP contribution in [0.3, 0.4) is 0 Å². The van der Waals surface area contributed by atoms with Crippen molar-refractivity contribution in [1.82, 2.24) is 14.8 Å². The van der Waals surface area contributed by atoms with E-state index in [4.69, 9.17) is 4.99 Å². The maximum atomic E-state index is 12.1. The highest BCUT2D eigenvalue weighted by atomic mass is 127. The first-order valence-corrected chi connectivity index (χ1v) is 9.94. The third kappa shape index (κ3) is 7.72. The minimum atomic E-state index is 0. The molecule has 0 spiro atoms. The van der Waals surface area contributed by atoms with Gasteiger partial charge < -0.3 is 20.1 Å². The molecule has 7 heteroatoms. The summed E-state index contributed by atoms with van der Waals surface area (Å²) in [7, 11) is 4.09. The molecular formula is C22H34IN5O. The van der Waals surface area contributed by atoms with Gasteiger partial charge in [-0.3, -0.25) is 4.79 Å². The normalized spacial score (nSPS) is 12.1. The number of aliphatic imine (C=N–C) groups is 1. The van der Waals surface area contributed by atoms with Gasteiger partial charge in [0.2, 0.25) is 5.91 Å². The summed E-state index contributed by atoms with van der Waals surface area (Å²) >= 11 is 0. The molecule has 1 amide bonds. The number of aromatic nitrogens is 1. The third-order valence-corrected chi connectivity index (χ3v) is 4.81. The molecule has 0 saturated carbocycles. The molecule has 29 heavy (non-hydrogen) atoms. The molecule has 0 bridgehead atoms. The number of aryl methyl sites for hydroxylation is 1. The first kappa shape index (κ1) is 25.0. The summed E-state index contributed by atoms with van der Waals surface area (Å²) in [5.74, 6) is 0.921. The summed E-state index contributed by atoms with van der Waals surface area (Å²) in [6.07, 6.45) is 2.88. The molecule has 0 aliphatic heterocycles. The van der Waals surface area contributed by atoms with Crippen molar-refractivity contribution in [1.29, 1.82) is 0 Å². The summed E-state index contributed by atoms with van der Waals surface area (Å²) in [6, 6.07) is 12.1. The predicted molar refractivity (Wildman–Crippen MR) is 132 cm³/mol. The van der Waals surface area contributed by atoms with Gasteiger partial charge in [-0.05, 0) is 43.2 Å². The van der Waals surface area contributed by atoms with Crippen LogP contribution in [-0.4, -0.2) is 34.9 Å². The van der Waals surface area contributed by atoms with Crippen molar-refractivity contribution in [2.45, 2.75) is 40.3 Å². The van der Waals surface area contributed by atoms with Gasteiger partial charge in [-0.15, -0.1) is 24.0 Å². The van der Waals surface area contributed by atoms with Crippen molar-refractivity contribution in [2.75, 3.05) is 18.9 Å². The highest BCUT2D eigenvalue weighted by Gasteiger charge is 2.11. The molecule has 1 heterocycles. The highest BCUT2D eigenvalue weighted by Crippen LogP contribution is 2.14. The fraction of sp³-hybridized carbons (Fsp3) is 0.455. The van der Waals surface area contributed by atoms with Crippen LogP contribution in [0.2, 0.25) is 0 Å². The predicted octanol–water partition coefficient (Wildman–Crippen LogP) is 4.23. The number of carbonyl (C=O) groups excluding carboxylic acids is 1. The fourth-order valence-electron chi connectivity index (χ4n) is 2.81. The first-order valence-electron chi connectivity index (χ1n) is 9.94. The lowest BCUT2D eigenvalue weighted by molar-refractivity contribution is -0.119. The lowest BCUT2D eigenvalue weighted by Gasteiger charge is -2.22. The number of nitrogens with one attached hydrogen (secondary N) is 2. The van der Waals surface area contributed by atoms with E-state index in [2.05, 4.69) is 33.1 Å². The van der Waals surface area contributed by atoms with Gasteiger partial charge in [0, 0.05) is 44.1 Å². The Balaban J connectivity index is 0.00000420. The van der Waals surface area contributed by atoms with Gasteiger partial charge in [0.25, 0.3) is 0 Å². The van der Waals surface area contributed by atoms with Crippen LogP contribution in [0.15, 0.2) is 47.6 Å². The van der Waals surface area contributed by atoms with Gasteiger partial charge in [0.15, 0.2) is 5.96 Å². The van der Waals surface area contributed by atoms with Crippen LogP contribution in [0.4, 0.5) is 5.69 Å². The van der Waals surface area contributed by atoms with Crippen LogP contribution in [0.1, 0.15) is 38.4 Å². The second-order valence-corrected chi connectivity index (χ2v) is 7.14. The standard InChI is InChI=1S/C22H33N5O.HI/c1-6-17(3)21(28)25-19-11-8-10-18(14-19)15-24-22(23-7-2)27(5)16-20-12-9-13-26(20)4;/h8-14,17H,6-7,15-16H2,1-5H3,(H,23,24)(H,25,28);1H. The number of halogens is 1. The summed E-state index contributed by atoms with van der Waals surface area (Å²) < 4.78 is 2.11. The van der Waals surface area contributed by atoms with E-state index in [0.717, 1.165) is 36.7 Å². The average Bonchev–Trinajstić information content (AvgIpc) is 3.09. The largest absolute Gasteiger partial charge is 0.357 e. The third-order valence-electron chi connectivity index (χ3n) is 4.81. The van der Waals surface area contributed by atoms with Gasteiger partial charge in [-0.25, -0.2) is 4.99 Å². The van der Waals surface area contributed by atoms with Crippen molar-refractivity contribution >= 4 is 41.5 Å². The van der Waals surface area contributed by atoms with Crippen molar-refractivity contribution in [2.24, 2.45) is 18.0 Å². The fourth-order valence-corrected chi connectivity index (χ4v) is 2.81. The molecule has 1 unspecified atom stereocenters. The number of carbonyl (C=O) groups is 1. The van der Waals surface area contributed by atoms with E-state index in [1.807, 2.05) is 64.5 Å². The number of guanidine groups is 1. The van der Waals surface area contributed by atoms with Gasteiger partial charge >= 0.3 is 0 Å². The number of anilines is 1. The molecule has 2 aromatic rings. The minimum absolute atomic E-state index is 0. The number of nitrogens with zero attached hydrogens (tertiary/aromatic N) is 3.